The van der Waals surface area contributed by atoms with Crippen molar-refractivity contribution in [3.63, 3.8) is 0 Å². The highest BCUT2D eigenvalue weighted by Gasteiger charge is 2.24. The van der Waals surface area contributed by atoms with Gasteiger partial charge in [0.2, 0.25) is 0 Å². The number of hydrogen-bond donors (Lipinski definition) is 0. The fourth-order valence-electron chi connectivity index (χ4n) is 1.83. The maximum absolute atomic E-state index is 11.6. The Bertz CT molecular complexity index is 759. The van der Waals surface area contributed by atoms with Crippen molar-refractivity contribution >= 4 is 19.7 Å². The molecular formula is C11H14ClN5O3S. The van der Waals surface area contributed by atoms with E-state index in [0.717, 1.165) is 0 Å². The van der Waals surface area contributed by atoms with E-state index in [2.05, 4.69) is 20.4 Å². The maximum Gasteiger partial charge on any atom is 0.296 e. The van der Waals surface area contributed by atoms with E-state index in [-0.39, 0.29) is 11.7 Å². The van der Waals surface area contributed by atoms with Crippen molar-refractivity contribution in [1.82, 2.24) is 25.0 Å². The van der Waals surface area contributed by atoms with E-state index in [1.165, 1.54) is 11.7 Å². The zero-order chi connectivity index (χ0) is 15.6. The average Bonchev–Trinajstić information content (AvgIpc) is 2.82. The first-order chi connectivity index (χ1) is 9.84. The molecule has 0 bridgehead atoms. The highest BCUT2D eigenvalue weighted by atomic mass is 35.7. The zero-order valence-corrected chi connectivity index (χ0v) is 13.3. The van der Waals surface area contributed by atoms with Crippen molar-refractivity contribution in [3.05, 3.63) is 17.5 Å². The lowest BCUT2D eigenvalue weighted by atomic mass is 10.2. The van der Waals surface area contributed by atoms with Gasteiger partial charge in [-0.2, -0.15) is 10.2 Å². The van der Waals surface area contributed by atoms with Crippen molar-refractivity contribution in [3.8, 4) is 11.4 Å². The number of aromatic nitrogens is 5. The van der Waals surface area contributed by atoms with E-state index in [9.17, 15) is 8.42 Å². The van der Waals surface area contributed by atoms with Crippen molar-refractivity contribution in [1.29, 1.82) is 0 Å². The van der Waals surface area contributed by atoms with Gasteiger partial charge in [0, 0.05) is 23.4 Å². The monoisotopic (exact) mass is 331 g/mol. The first kappa shape index (κ1) is 15.8. The quantitative estimate of drug-likeness (QED) is 0.751. The van der Waals surface area contributed by atoms with Crippen LogP contribution in [0.3, 0.4) is 0 Å². The Balaban J connectivity index is 2.63. The number of halogens is 1. The van der Waals surface area contributed by atoms with Gasteiger partial charge in [-0.1, -0.05) is 0 Å². The maximum atomic E-state index is 11.6. The van der Waals surface area contributed by atoms with Crippen molar-refractivity contribution < 1.29 is 13.2 Å². The lowest BCUT2D eigenvalue weighted by Gasteiger charge is -2.09. The summed E-state index contributed by atoms with van der Waals surface area (Å²) in [5.41, 5.74) is 1.95. The fraction of sp³-hybridized carbons (Fsp3) is 0.455. The van der Waals surface area contributed by atoms with E-state index < -0.39 is 9.05 Å². The molecule has 0 aliphatic carbocycles. The van der Waals surface area contributed by atoms with E-state index in [0.29, 0.717) is 29.4 Å². The Morgan fingerprint density at radius 3 is 2.57 bits per heavy atom. The highest BCUT2D eigenvalue weighted by molar-refractivity contribution is 8.13. The standard InChI is InChI=1S/C11H14ClN5O3S/c1-7-6-9(8(2)14-13-7)10-15-16-11(21(12,18)19)17(10)4-5-20-3/h6H,4-5H2,1-3H3. The smallest absolute Gasteiger partial charge is 0.296 e. The van der Waals surface area contributed by atoms with Crippen LogP contribution in [-0.4, -0.2) is 47.1 Å². The fourth-order valence-corrected chi connectivity index (χ4v) is 2.75. The van der Waals surface area contributed by atoms with E-state index in [4.69, 9.17) is 15.4 Å². The summed E-state index contributed by atoms with van der Waals surface area (Å²) >= 11 is 0. The Hall–Kier alpha value is -1.58. The zero-order valence-electron chi connectivity index (χ0n) is 11.7. The number of methoxy groups -OCH3 is 1. The van der Waals surface area contributed by atoms with E-state index in [1.54, 1.807) is 19.9 Å². The molecule has 10 heteroatoms. The SMILES string of the molecule is COCCn1c(-c2cc(C)nnc2C)nnc1S(=O)(=O)Cl. The second kappa shape index (κ2) is 6.04. The lowest BCUT2D eigenvalue weighted by Crippen LogP contribution is -2.12. The first-order valence-corrected chi connectivity index (χ1v) is 8.33. The third-order valence-corrected chi connectivity index (χ3v) is 3.95. The van der Waals surface area contributed by atoms with Gasteiger partial charge in [-0.25, -0.2) is 8.42 Å². The van der Waals surface area contributed by atoms with Crippen LogP contribution in [0.15, 0.2) is 11.2 Å². The molecule has 2 aromatic rings. The Kier molecular flexibility index (Phi) is 4.55. The molecule has 2 rings (SSSR count). The molecular weight excluding hydrogens is 318 g/mol. The summed E-state index contributed by atoms with van der Waals surface area (Å²) in [7, 11) is 2.91. The van der Waals surface area contributed by atoms with Crippen LogP contribution in [0, 0.1) is 13.8 Å². The predicted molar refractivity (Wildman–Crippen MR) is 75.4 cm³/mol. The summed E-state index contributed by atoms with van der Waals surface area (Å²) in [4.78, 5) is 0. The molecule has 0 atom stereocenters. The van der Waals surface area contributed by atoms with Crippen molar-refractivity contribution in [2.75, 3.05) is 13.7 Å². The summed E-state index contributed by atoms with van der Waals surface area (Å²) in [6.07, 6.45) is 0. The van der Waals surface area contributed by atoms with Crippen molar-refractivity contribution in [2.45, 2.75) is 25.5 Å². The van der Waals surface area contributed by atoms with Gasteiger partial charge in [0.05, 0.1) is 24.5 Å². The second-order valence-corrected chi connectivity index (χ2v) is 6.83. The molecule has 0 saturated carbocycles. The summed E-state index contributed by atoms with van der Waals surface area (Å²) in [5.74, 6) is 0.363. The molecule has 0 N–H and O–H groups in total. The van der Waals surface area contributed by atoms with Gasteiger partial charge in [0.25, 0.3) is 14.2 Å². The topological polar surface area (TPSA) is 99.9 Å². The molecule has 0 aliphatic rings. The molecule has 0 unspecified atom stereocenters. The summed E-state index contributed by atoms with van der Waals surface area (Å²) in [6.45, 7) is 4.08. The summed E-state index contributed by atoms with van der Waals surface area (Å²) in [6, 6.07) is 1.76. The normalized spacial score (nSPS) is 11.8. The number of hydrogen-bond acceptors (Lipinski definition) is 7. The molecule has 0 saturated heterocycles. The first-order valence-electron chi connectivity index (χ1n) is 6.02. The second-order valence-electron chi connectivity index (χ2n) is 4.37. The number of rotatable bonds is 5. The van der Waals surface area contributed by atoms with Crippen LogP contribution in [0.25, 0.3) is 11.4 Å². The van der Waals surface area contributed by atoms with Gasteiger partial charge < -0.3 is 4.74 Å². The van der Waals surface area contributed by atoms with Crippen LogP contribution in [0.5, 0.6) is 0 Å². The highest BCUT2D eigenvalue weighted by Crippen LogP contribution is 2.24. The molecule has 2 heterocycles. The van der Waals surface area contributed by atoms with Gasteiger partial charge in [0.15, 0.2) is 5.82 Å². The minimum absolute atomic E-state index is 0.251. The van der Waals surface area contributed by atoms with Gasteiger partial charge >= 0.3 is 0 Å². The lowest BCUT2D eigenvalue weighted by molar-refractivity contribution is 0.185. The average molecular weight is 332 g/mol. The molecule has 21 heavy (non-hydrogen) atoms. The van der Waals surface area contributed by atoms with E-state index in [1.807, 2.05) is 0 Å². The molecule has 0 amide bonds. The molecule has 0 radical (unpaired) electrons. The van der Waals surface area contributed by atoms with E-state index >= 15 is 0 Å². The minimum Gasteiger partial charge on any atom is -0.383 e. The molecule has 0 aromatic carbocycles. The van der Waals surface area contributed by atoms with Crippen LogP contribution < -0.4 is 0 Å². The summed E-state index contributed by atoms with van der Waals surface area (Å²) < 4.78 is 29.6. The molecule has 2 aromatic heterocycles. The molecule has 114 valence electrons. The molecule has 8 nitrogen and oxygen atoms in total. The minimum atomic E-state index is -4.00. The van der Waals surface area contributed by atoms with Gasteiger partial charge in [-0.05, 0) is 19.9 Å². The Morgan fingerprint density at radius 2 is 1.95 bits per heavy atom. The molecule has 0 fully saturated rings. The van der Waals surface area contributed by atoms with Gasteiger partial charge in [-0.3, -0.25) is 4.57 Å². The Labute approximate surface area is 126 Å². The predicted octanol–water partition coefficient (Wildman–Crippen LogP) is 0.926. The largest absolute Gasteiger partial charge is 0.383 e. The Morgan fingerprint density at radius 1 is 1.24 bits per heavy atom. The molecule has 0 spiro atoms. The van der Waals surface area contributed by atoms with Crippen molar-refractivity contribution in [2.24, 2.45) is 0 Å². The van der Waals surface area contributed by atoms with Gasteiger partial charge in [-0.15, -0.1) is 10.2 Å². The third-order valence-electron chi connectivity index (χ3n) is 2.80. The number of aryl methyl sites for hydroxylation is 2. The number of nitrogens with zero attached hydrogens (tertiary/aromatic N) is 5. The van der Waals surface area contributed by atoms with Crippen LogP contribution >= 0.6 is 10.7 Å². The van der Waals surface area contributed by atoms with Crippen LogP contribution in [0.4, 0.5) is 0 Å². The molecule has 0 aliphatic heterocycles. The van der Waals surface area contributed by atoms with Crippen LogP contribution in [0.1, 0.15) is 11.4 Å². The summed E-state index contributed by atoms with van der Waals surface area (Å²) in [5, 5.41) is 15.2. The number of ether oxygens (including phenoxy) is 1. The van der Waals surface area contributed by atoms with Crippen LogP contribution in [-0.2, 0) is 20.3 Å². The van der Waals surface area contributed by atoms with Crippen LogP contribution in [0.2, 0.25) is 0 Å². The van der Waals surface area contributed by atoms with Gasteiger partial charge in [0.1, 0.15) is 0 Å². The third kappa shape index (κ3) is 3.36.